The maximum Gasteiger partial charge on any atom is 0.443 e. The van der Waals surface area contributed by atoms with Gasteiger partial charge in [-0.2, -0.15) is 13.2 Å². The molecule has 90 valence electrons. The van der Waals surface area contributed by atoms with E-state index in [0.717, 1.165) is 6.20 Å². The molecule has 0 saturated heterocycles. The highest BCUT2D eigenvalue weighted by atomic mass is 32.1. The van der Waals surface area contributed by atoms with E-state index >= 15 is 0 Å². The summed E-state index contributed by atoms with van der Waals surface area (Å²) in [6, 6.07) is 1.53. The molecule has 17 heavy (non-hydrogen) atoms. The molecule has 7 heteroatoms. The number of H-pyrrole nitrogens is 1. The molecule has 2 rings (SSSR count). The normalized spacial score (nSPS) is 11.8. The fraction of sp³-hybridized carbons (Fsp3) is 0.200. The van der Waals surface area contributed by atoms with Crippen LogP contribution in [0.4, 0.5) is 13.2 Å². The molecule has 1 N–H and O–H groups in total. The van der Waals surface area contributed by atoms with E-state index in [4.69, 9.17) is 0 Å². The van der Waals surface area contributed by atoms with E-state index < -0.39 is 11.2 Å². The third-order valence-electron chi connectivity index (χ3n) is 2.12. The van der Waals surface area contributed by atoms with E-state index in [9.17, 15) is 18.0 Å². The minimum Gasteiger partial charge on any atom is -0.328 e. The van der Waals surface area contributed by atoms with E-state index in [0.29, 0.717) is 27.3 Å². The number of rotatable bonds is 1. The predicted molar refractivity (Wildman–Crippen MR) is 57.9 cm³/mol. The highest BCUT2D eigenvalue weighted by Gasteiger charge is 2.34. The molecule has 3 nitrogen and oxygen atoms in total. The number of aryl methyl sites for hydroxylation is 1. The van der Waals surface area contributed by atoms with Gasteiger partial charge < -0.3 is 4.98 Å². The minimum absolute atomic E-state index is 0.255. The van der Waals surface area contributed by atoms with Crippen LogP contribution in [0, 0.1) is 6.92 Å². The van der Waals surface area contributed by atoms with Crippen LogP contribution in [-0.2, 0) is 6.18 Å². The smallest absolute Gasteiger partial charge is 0.328 e. The molecule has 0 aliphatic heterocycles. The van der Waals surface area contributed by atoms with E-state index in [1.807, 2.05) is 0 Å². The topological polar surface area (TPSA) is 45.8 Å². The molecule has 0 spiro atoms. The van der Waals surface area contributed by atoms with Gasteiger partial charge in [0.2, 0.25) is 0 Å². The van der Waals surface area contributed by atoms with Gasteiger partial charge in [0, 0.05) is 23.5 Å². The number of thiazole rings is 1. The van der Waals surface area contributed by atoms with Crippen LogP contribution in [0.3, 0.4) is 0 Å². The summed E-state index contributed by atoms with van der Waals surface area (Å²) in [5.41, 5.74) is 0.717. The van der Waals surface area contributed by atoms with Crippen LogP contribution in [0.2, 0.25) is 0 Å². The van der Waals surface area contributed by atoms with Crippen LogP contribution in [-0.4, -0.2) is 9.97 Å². The van der Waals surface area contributed by atoms with Gasteiger partial charge in [-0.05, 0) is 13.0 Å². The highest BCUT2D eigenvalue weighted by Crippen LogP contribution is 2.35. The van der Waals surface area contributed by atoms with Crippen LogP contribution < -0.4 is 5.56 Å². The zero-order valence-corrected chi connectivity index (χ0v) is 9.45. The van der Waals surface area contributed by atoms with Gasteiger partial charge in [0.25, 0.3) is 5.56 Å². The Morgan fingerprint density at radius 2 is 2.12 bits per heavy atom. The SMILES string of the molecule is Cc1cc(-c2cnc(C(F)(F)F)s2)c[nH]c1=O. The Hall–Kier alpha value is -1.63. The lowest BCUT2D eigenvalue weighted by Gasteiger charge is -1.99. The molecule has 0 saturated carbocycles. The van der Waals surface area contributed by atoms with Crippen molar-refractivity contribution in [1.82, 2.24) is 9.97 Å². The summed E-state index contributed by atoms with van der Waals surface area (Å²) in [6.07, 6.45) is -1.90. The molecule has 2 aromatic rings. The molecular formula is C10H7F3N2OS. The van der Waals surface area contributed by atoms with Crippen molar-refractivity contribution in [2.24, 2.45) is 0 Å². The van der Waals surface area contributed by atoms with Crippen LogP contribution in [0.25, 0.3) is 10.4 Å². The van der Waals surface area contributed by atoms with E-state index in [-0.39, 0.29) is 5.56 Å². The van der Waals surface area contributed by atoms with Gasteiger partial charge in [0.15, 0.2) is 5.01 Å². The summed E-state index contributed by atoms with van der Waals surface area (Å²) in [6.45, 7) is 1.59. The Labute approximate surface area is 98.0 Å². The summed E-state index contributed by atoms with van der Waals surface area (Å²) in [5.74, 6) is 0. The summed E-state index contributed by atoms with van der Waals surface area (Å²) in [5, 5.41) is -0.892. The average molecular weight is 260 g/mol. The van der Waals surface area contributed by atoms with Gasteiger partial charge >= 0.3 is 6.18 Å². The zero-order chi connectivity index (χ0) is 12.6. The Bertz CT molecular complexity index is 600. The maximum atomic E-state index is 12.4. The monoisotopic (exact) mass is 260 g/mol. The molecule has 0 aliphatic rings. The molecule has 2 aromatic heterocycles. The molecule has 0 aliphatic carbocycles. The number of hydrogen-bond acceptors (Lipinski definition) is 3. The first-order valence-electron chi connectivity index (χ1n) is 4.60. The van der Waals surface area contributed by atoms with Crippen molar-refractivity contribution >= 4 is 11.3 Å². The molecule has 0 aromatic carbocycles. The standard InChI is InChI=1S/C10H7F3N2OS/c1-5-2-6(3-14-8(5)16)7-4-15-9(17-7)10(11,12)13/h2-4H,1H3,(H,14,16). The molecule has 0 atom stereocenters. The van der Waals surface area contributed by atoms with Crippen molar-refractivity contribution in [1.29, 1.82) is 0 Å². The molecule has 0 bridgehead atoms. The minimum atomic E-state index is -4.43. The zero-order valence-electron chi connectivity index (χ0n) is 8.63. The molecule has 0 radical (unpaired) electrons. The van der Waals surface area contributed by atoms with Crippen LogP contribution >= 0.6 is 11.3 Å². The number of nitrogens with zero attached hydrogens (tertiary/aromatic N) is 1. The third-order valence-corrected chi connectivity index (χ3v) is 3.21. The van der Waals surface area contributed by atoms with Crippen LogP contribution in [0.1, 0.15) is 10.6 Å². The molecule has 2 heterocycles. The third kappa shape index (κ3) is 2.38. The van der Waals surface area contributed by atoms with Gasteiger partial charge in [-0.25, -0.2) is 4.98 Å². The first-order chi connectivity index (χ1) is 7.88. The number of aromatic nitrogens is 2. The summed E-state index contributed by atoms with van der Waals surface area (Å²) >= 11 is 0.549. The molecule has 0 unspecified atom stereocenters. The number of aromatic amines is 1. The van der Waals surface area contributed by atoms with Crippen LogP contribution in [0.5, 0.6) is 0 Å². The Balaban J connectivity index is 2.44. The second-order valence-corrected chi connectivity index (χ2v) is 4.46. The Kier molecular flexibility index (Phi) is 2.78. The van der Waals surface area contributed by atoms with Crippen molar-refractivity contribution in [3.05, 3.63) is 39.4 Å². The average Bonchev–Trinajstić information content (AvgIpc) is 2.70. The number of alkyl halides is 3. The van der Waals surface area contributed by atoms with E-state index in [1.165, 1.54) is 12.3 Å². The largest absolute Gasteiger partial charge is 0.443 e. The van der Waals surface area contributed by atoms with Crippen molar-refractivity contribution in [2.75, 3.05) is 0 Å². The number of nitrogens with one attached hydrogen (secondary N) is 1. The maximum absolute atomic E-state index is 12.4. The first-order valence-corrected chi connectivity index (χ1v) is 5.42. The fourth-order valence-electron chi connectivity index (χ4n) is 1.28. The second-order valence-electron chi connectivity index (χ2n) is 3.43. The van der Waals surface area contributed by atoms with Crippen LogP contribution in [0.15, 0.2) is 23.3 Å². The van der Waals surface area contributed by atoms with Gasteiger partial charge in [-0.3, -0.25) is 4.79 Å². The summed E-state index contributed by atoms with van der Waals surface area (Å²) in [7, 11) is 0. The number of pyridine rings is 1. The number of hydrogen-bond donors (Lipinski definition) is 1. The van der Waals surface area contributed by atoms with E-state index in [2.05, 4.69) is 9.97 Å². The first kappa shape index (κ1) is 11.8. The van der Waals surface area contributed by atoms with Gasteiger partial charge in [-0.1, -0.05) is 0 Å². The predicted octanol–water partition coefficient (Wildman–Crippen LogP) is 2.83. The number of halogens is 3. The van der Waals surface area contributed by atoms with Gasteiger partial charge in [-0.15, -0.1) is 11.3 Å². The molecule has 0 amide bonds. The Morgan fingerprint density at radius 1 is 1.41 bits per heavy atom. The van der Waals surface area contributed by atoms with Crippen molar-refractivity contribution < 1.29 is 13.2 Å². The molecular weight excluding hydrogens is 253 g/mol. The Morgan fingerprint density at radius 3 is 2.65 bits per heavy atom. The highest BCUT2D eigenvalue weighted by molar-refractivity contribution is 7.15. The summed E-state index contributed by atoms with van der Waals surface area (Å²) < 4.78 is 37.1. The summed E-state index contributed by atoms with van der Waals surface area (Å²) in [4.78, 5) is 17.3. The van der Waals surface area contributed by atoms with Crippen molar-refractivity contribution in [3.8, 4) is 10.4 Å². The lowest BCUT2D eigenvalue weighted by Crippen LogP contribution is -2.07. The molecule has 0 fully saturated rings. The van der Waals surface area contributed by atoms with E-state index in [1.54, 1.807) is 6.92 Å². The lowest BCUT2D eigenvalue weighted by molar-refractivity contribution is -0.137. The van der Waals surface area contributed by atoms with Gasteiger partial charge in [0.1, 0.15) is 0 Å². The lowest BCUT2D eigenvalue weighted by atomic mass is 10.2. The van der Waals surface area contributed by atoms with Gasteiger partial charge in [0.05, 0.1) is 4.88 Å². The second kappa shape index (κ2) is 3.99. The van der Waals surface area contributed by atoms with Crippen molar-refractivity contribution in [2.45, 2.75) is 13.1 Å². The quantitative estimate of drug-likeness (QED) is 0.857. The van der Waals surface area contributed by atoms with Crippen molar-refractivity contribution in [3.63, 3.8) is 0 Å². The fourth-order valence-corrected chi connectivity index (χ4v) is 2.05.